The number of ether oxygens (including phenoxy) is 1. The van der Waals surface area contributed by atoms with E-state index < -0.39 is 26.7 Å². The number of nitrogens with zero attached hydrogens (tertiary/aromatic N) is 3. The number of benzene rings is 2. The highest BCUT2D eigenvalue weighted by molar-refractivity contribution is 7.91. The molecule has 0 N–H and O–H groups in total. The van der Waals surface area contributed by atoms with Gasteiger partial charge in [-0.15, -0.1) is 0 Å². The van der Waals surface area contributed by atoms with Crippen molar-refractivity contribution in [1.82, 2.24) is 14.5 Å². The lowest BCUT2D eigenvalue weighted by molar-refractivity contribution is 0.435. The van der Waals surface area contributed by atoms with Crippen LogP contribution in [-0.2, 0) is 16.9 Å². The molecule has 1 aliphatic rings. The summed E-state index contributed by atoms with van der Waals surface area (Å²) in [6.07, 6.45) is 3.75. The van der Waals surface area contributed by atoms with Crippen LogP contribution < -0.4 is 10.3 Å². The molecule has 7 nitrogen and oxygen atoms in total. The molecule has 0 amide bonds. The van der Waals surface area contributed by atoms with Crippen LogP contribution >= 0.6 is 0 Å². The van der Waals surface area contributed by atoms with Gasteiger partial charge in [-0.05, 0) is 36.4 Å². The van der Waals surface area contributed by atoms with Gasteiger partial charge in [0.2, 0.25) is 0 Å². The fraction of sp³-hybridized carbons (Fsp3) is 0.208. The minimum absolute atomic E-state index is 0.0356. The monoisotopic (exact) mass is 483 g/mol. The van der Waals surface area contributed by atoms with Crippen LogP contribution in [0.15, 0.2) is 59.7 Å². The zero-order chi connectivity index (χ0) is 24.0. The number of fused-ring (bicyclic) bond motifs is 1. The van der Waals surface area contributed by atoms with Crippen molar-refractivity contribution < 1.29 is 21.9 Å². The van der Waals surface area contributed by atoms with Crippen molar-refractivity contribution in [3.05, 3.63) is 82.7 Å². The Morgan fingerprint density at radius 3 is 2.56 bits per heavy atom. The summed E-state index contributed by atoms with van der Waals surface area (Å²) >= 11 is 0. The van der Waals surface area contributed by atoms with E-state index in [0.29, 0.717) is 35.2 Å². The van der Waals surface area contributed by atoms with E-state index in [1.165, 1.54) is 10.8 Å². The number of hydrogen-bond donors (Lipinski definition) is 0. The van der Waals surface area contributed by atoms with Gasteiger partial charge >= 0.3 is 0 Å². The molecule has 5 rings (SSSR count). The van der Waals surface area contributed by atoms with Crippen LogP contribution in [0.4, 0.5) is 8.78 Å². The molecule has 1 saturated heterocycles. The Hall–Kier alpha value is -3.66. The molecule has 1 atom stereocenters. The van der Waals surface area contributed by atoms with Crippen LogP contribution in [-0.4, -0.2) is 28.7 Å². The highest BCUT2D eigenvalue weighted by atomic mass is 32.2. The summed E-state index contributed by atoms with van der Waals surface area (Å²) < 4.78 is 59.9. The number of hydrogen-bond acceptors (Lipinski definition) is 6. The first-order chi connectivity index (χ1) is 16.2. The summed E-state index contributed by atoms with van der Waals surface area (Å²) in [5.41, 5.74) is 0.455. The highest BCUT2D eigenvalue weighted by Crippen LogP contribution is 2.39. The van der Waals surface area contributed by atoms with Crippen LogP contribution in [0, 0.1) is 11.6 Å². The van der Waals surface area contributed by atoms with Gasteiger partial charge in [0.25, 0.3) is 5.56 Å². The third-order valence-electron chi connectivity index (χ3n) is 5.85. The standard InChI is InChI=1S/C24H19F2N3O4S/c1-29-13-17(15-5-2-3-6-16(15)24(29)30)22-20(33-19-9-8-14(25)11-18(19)26)12-27-23(28-22)21-7-4-10-34(21,31)32/h2-3,5-6,8-9,11-13,21H,4,7,10H2,1H3. The average Bonchev–Trinajstić information content (AvgIpc) is 3.17. The van der Waals surface area contributed by atoms with E-state index in [0.717, 1.165) is 12.1 Å². The van der Waals surface area contributed by atoms with Crippen LogP contribution in [0.3, 0.4) is 0 Å². The first-order valence-corrected chi connectivity index (χ1v) is 12.3. The van der Waals surface area contributed by atoms with E-state index in [4.69, 9.17) is 4.74 Å². The van der Waals surface area contributed by atoms with E-state index in [-0.39, 0.29) is 34.3 Å². The maximum absolute atomic E-state index is 14.3. The van der Waals surface area contributed by atoms with Gasteiger partial charge in [-0.2, -0.15) is 0 Å². The molecule has 0 spiro atoms. The maximum Gasteiger partial charge on any atom is 0.258 e. The Bertz CT molecular complexity index is 1600. The first-order valence-electron chi connectivity index (χ1n) is 10.5. The molecular formula is C24H19F2N3O4S. The highest BCUT2D eigenvalue weighted by Gasteiger charge is 2.35. The number of pyridine rings is 1. The van der Waals surface area contributed by atoms with E-state index in [9.17, 15) is 22.0 Å². The second-order valence-electron chi connectivity index (χ2n) is 8.12. The molecule has 10 heteroatoms. The molecule has 0 saturated carbocycles. The van der Waals surface area contributed by atoms with Crippen molar-refractivity contribution in [1.29, 1.82) is 0 Å². The van der Waals surface area contributed by atoms with Crippen molar-refractivity contribution in [3.8, 4) is 22.8 Å². The molecule has 0 radical (unpaired) electrons. The maximum atomic E-state index is 14.3. The van der Waals surface area contributed by atoms with E-state index in [1.807, 2.05) is 0 Å². The molecule has 174 valence electrons. The number of rotatable bonds is 4. The Morgan fingerprint density at radius 2 is 1.85 bits per heavy atom. The molecule has 34 heavy (non-hydrogen) atoms. The summed E-state index contributed by atoms with van der Waals surface area (Å²) in [5, 5.41) is 0.130. The molecule has 0 aliphatic carbocycles. The van der Waals surface area contributed by atoms with Gasteiger partial charge in [-0.3, -0.25) is 4.79 Å². The number of sulfone groups is 1. The molecule has 3 heterocycles. The smallest absolute Gasteiger partial charge is 0.258 e. The van der Waals surface area contributed by atoms with Gasteiger partial charge in [-0.1, -0.05) is 18.2 Å². The molecule has 1 fully saturated rings. The quantitative estimate of drug-likeness (QED) is 0.430. The summed E-state index contributed by atoms with van der Waals surface area (Å²) in [7, 11) is -1.82. The average molecular weight is 483 g/mol. The van der Waals surface area contributed by atoms with Gasteiger partial charge in [-0.25, -0.2) is 27.2 Å². The zero-order valence-electron chi connectivity index (χ0n) is 18.0. The van der Waals surface area contributed by atoms with Crippen LogP contribution in [0.1, 0.15) is 23.9 Å². The van der Waals surface area contributed by atoms with Gasteiger partial charge in [0.05, 0.1) is 11.9 Å². The Labute approximate surface area is 193 Å². The van der Waals surface area contributed by atoms with Crippen molar-refractivity contribution in [2.24, 2.45) is 7.05 Å². The number of aromatic nitrogens is 3. The third-order valence-corrected chi connectivity index (χ3v) is 8.02. The van der Waals surface area contributed by atoms with Gasteiger partial charge in [0.15, 0.2) is 27.2 Å². The lowest BCUT2D eigenvalue weighted by Gasteiger charge is -2.16. The van der Waals surface area contributed by atoms with Crippen LogP contribution in [0.2, 0.25) is 0 Å². The Balaban J connectivity index is 1.75. The van der Waals surface area contributed by atoms with Gasteiger partial charge in [0.1, 0.15) is 22.6 Å². The number of halogens is 2. The number of aryl methyl sites for hydroxylation is 1. The van der Waals surface area contributed by atoms with Crippen molar-refractivity contribution in [3.63, 3.8) is 0 Å². The van der Waals surface area contributed by atoms with Crippen LogP contribution in [0.5, 0.6) is 11.5 Å². The van der Waals surface area contributed by atoms with Gasteiger partial charge < -0.3 is 9.30 Å². The van der Waals surface area contributed by atoms with E-state index in [2.05, 4.69) is 9.97 Å². The van der Waals surface area contributed by atoms with Gasteiger partial charge in [0, 0.05) is 30.3 Å². The molecule has 2 aromatic heterocycles. The molecular weight excluding hydrogens is 464 g/mol. The second-order valence-corrected chi connectivity index (χ2v) is 10.4. The SMILES string of the molecule is Cn1cc(-c2nc(C3CCCS3(=O)=O)ncc2Oc2ccc(F)cc2F)c2ccccc2c1=O. The summed E-state index contributed by atoms with van der Waals surface area (Å²) in [6.45, 7) is 0. The zero-order valence-corrected chi connectivity index (χ0v) is 18.9. The minimum atomic E-state index is -3.40. The largest absolute Gasteiger partial charge is 0.450 e. The first kappa shape index (κ1) is 22.1. The lowest BCUT2D eigenvalue weighted by atomic mass is 10.0. The van der Waals surface area contributed by atoms with Crippen LogP contribution in [0.25, 0.3) is 22.0 Å². The summed E-state index contributed by atoms with van der Waals surface area (Å²) in [6, 6.07) is 9.79. The summed E-state index contributed by atoms with van der Waals surface area (Å²) in [5.74, 6) is -1.73. The fourth-order valence-electron chi connectivity index (χ4n) is 4.17. The Kier molecular flexibility index (Phi) is 5.40. The molecule has 0 bridgehead atoms. The van der Waals surface area contributed by atoms with E-state index >= 15 is 0 Å². The summed E-state index contributed by atoms with van der Waals surface area (Å²) in [4.78, 5) is 21.4. The molecule has 1 aliphatic heterocycles. The fourth-order valence-corrected chi connectivity index (χ4v) is 5.98. The Morgan fingerprint density at radius 1 is 1.09 bits per heavy atom. The van der Waals surface area contributed by atoms with E-state index in [1.54, 1.807) is 37.5 Å². The predicted molar refractivity (Wildman–Crippen MR) is 122 cm³/mol. The molecule has 4 aromatic rings. The normalized spacial score (nSPS) is 17.2. The van der Waals surface area contributed by atoms with Crippen molar-refractivity contribution >= 4 is 20.6 Å². The topological polar surface area (TPSA) is 91.2 Å². The molecule has 1 unspecified atom stereocenters. The lowest BCUT2D eigenvalue weighted by Crippen LogP contribution is -2.17. The van der Waals surface area contributed by atoms with Crippen molar-refractivity contribution in [2.75, 3.05) is 5.75 Å². The molecule has 2 aromatic carbocycles. The third kappa shape index (κ3) is 3.83. The minimum Gasteiger partial charge on any atom is -0.450 e. The van der Waals surface area contributed by atoms with Crippen molar-refractivity contribution in [2.45, 2.75) is 18.1 Å². The predicted octanol–water partition coefficient (Wildman–Crippen LogP) is 4.32. The second kappa shape index (κ2) is 8.28.